The van der Waals surface area contributed by atoms with Crippen LogP contribution in [0.5, 0.6) is 0 Å². The van der Waals surface area contributed by atoms with Crippen LogP contribution in [0, 0.1) is 11.8 Å². The van der Waals surface area contributed by atoms with Gasteiger partial charge in [-0.1, -0.05) is 18.6 Å². The molecule has 0 radical (unpaired) electrons. The third-order valence-corrected chi connectivity index (χ3v) is 4.14. The smallest absolute Gasteiger partial charge is 0.303 e. The number of carbonyl (C=O) groups excluding carboxylic acids is 2. The van der Waals surface area contributed by atoms with Crippen LogP contribution in [0.25, 0.3) is 0 Å². The maximum Gasteiger partial charge on any atom is 0.303 e. The third kappa shape index (κ3) is 4.81. The summed E-state index contributed by atoms with van der Waals surface area (Å²) in [5, 5.41) is 0. The fraction of sp³-hybridized carbons (Fsp3) is 0.750. The number of hydrogen-bond donors (Lipinski definition) is 0. The number of rotatable bonds is 6. The Labute approximate surface area is 116 Å². The van der Waals surface area contributed by atoms with Gasteiger partial charge in [0.1, 0.15) is 11.9 Å². The Kier molecular flexibility index (Phi) is 5.77. The monoisotopic (exact) mass is 266 g/mol. The SMILES string of the molecule is CCC(C=O)CC1=CCC(C(C)(C)OC(C)=O)CC1. The molecular formula is C16H26O3. The summed E-state index contributed by atoms with van der Waals surface area (Å²) in [5.74, 6) is 0.313. The molecule has 0 saturated heterocycles. The van der Waals surface area contributed by atoms with Crippen molar-refractivity contribution >= 4 is 12.3 Å². The number of allylic oxidation sites excluding steroid dienone is 2. The highest BCUT2D eigenvalue weighted by Gasteiger charge is 2.33. The Morgan fingerprint density at radius 3 is 2.68 bits per heavy atom. The van der Waals surface area contributed by atoms with Crippen LogP contribution in [-0.2, 0) is 14.3 Å². The summed E-state index contributed by atoms with van der Waals surface area (Å²) in [6.45, 7) is 7.48. The van der Waals surface area contributed by atoms with E-state index < -0.39 is 5.60 Å². The Morgan fingerprint density at radius 2 is 2.26 bits per heavy atom. The first-order valence-corrected chi connectivity index (χ1v) is 7.21. The normalized spacial score (nSPS) is 21.5. The van der Waals surface area contributed by atoms with Gasteiger partial charge in [-0.15, -0.1) is 0 Å². The van der Waals surface area contributed by atoms with Gasteiger partial charge in [0, 0.05) is 18.8 Å². The maximum atomic E-state index is 11.1. The lowest BCUT2D eigenvalue weighted by Gasteiger charge is -2.36. The van der Waals surface area contributed by atoms with Crippen molar-refractivity contribution in [2.75, 3.05) is 0 Å². The minimum atomic E-state index is -0.400. The molecular weight excluding hydrogens is 240 g/mol. The predicted molar refractivity (Wildman–Crippen MR) is 75.7 cm³/mol. The second-order valence-corrected chi connectivity index (χ2v) is 6.04. The standard InChI is InChI=1S/C16H26O3/c1-5-13(11-17)10-14-6-8-15(9-7-14)16(3,4)19-12(2)18/h6,11,13,15H,5,7-10H2,1-4H3. The molecule has 1 rings (SSSR count). The van der Waals surface area contributed by atoms with Crippen LogP contribution in [0.2, 0.25) is 0 Å². The van der Waals surface area contributed by atoms with Crippen molar-refractivity contribution in [3.8, 4) is 0 Å². The molecule has 0 aromatic heterocycles. The number of aldehydes is 1. The van der Waals surface area contributed by atoms with E-state index in [1.807, 2.05) is 13.8 Å². The van der Waals surface area contributed by atoms with Crippen molar-refractivity contribution in [2.45, 2.75) is 65.4 Å². The van der Waals surface area contributed by atoms with E-state index >= 15 is 0 Å². The molecule has 2 unspecified atom stereocenters. The molecule has 108 valence electrons. The molecule has 0 bridgehead atoms. The summed E-state index contributed by atoms with van der Waals surface area (Å²) in [4.78, 5) is 22.0. The number of ether oxygens (including phenoxy) is 1. The Balaban J connectivity index is 2.57. The highest BCUT2D eigenvalue weighted by molar-refractivity contribution is 5.66. The van der Waals surface area contributed by atoms with Crippen molar-refractivity contribution < 1.29 is 14.3 Å². The molecule has 1 aliphatic carbocycles. The van der Waals surface area contributed by atoms with Crippen molar-refractivity contribution in [1.82, 2.24) is 0 Å². The Bertz CT molecular complexity index is 355. The molecule has 3 heteroatoms. The van der Waals surface area contributed by atoms with Crippen molar-refractivity contribution in [1.29, 1.82) is 0 Å². The summed E-state index contributed by atoms with van der Waals surface area (Å²) in [6.07, 6.45) is 8.08. The third-order valence-electron chi connectivity index (χ3n) is 4.14. The lowest BCUT2D eigenvalue weighted by molar-refractivity contribution is -0.159. The van der Waals surface area contributed by atoms with E-state index in [4.69, 9.17) is 4.74 Å². The van der Waals surface area contributed by atoms with Crippen LogP contribution in [0.1, 0.15) is 59.8 Å². The molecule has 3 nitrogen and oxygen atoms in total. The van der Waals surface area contributed by atoms with Crippen molar-refractivity contribution in [3.63, 3.8) is 0 Å². The number of esters is 1. The molecule has 0 N–H and O–H groups in total. The lowest BCUT2D eigenvalue weighted by Crippen LogP contribution is -2.37. The van der Waals surface area contributed by atoms with Gasteiger partial charge in [0.2, 0.25) is 0 Å². The second kappa shape index (κ2) is 6.88. The van der Waals surface area contributed by atoms with Crippen LogP contribution < -0.4 is 0 Å². The first-order valence-electron chi connectivity index (χ1n) is 7.21. The van der Waals surface area contributed by atoms with Gasteiger partial charge in [-0.2, -0.15) is 0 Å². The average molecular weight is 266 g/mol. The second-order valence-electron chi connectivity index (χ2n) is 6.04. The quantitative estimate of drug-likeness (QED) is 0.418. The molecule has 0 aromatic rings. The zero-order valence-electron chi connectivity index (χ0n) is 12.6. The molecule has 0 amide bonds. The first-order chi connectivity index (χ1) is 8.89. The van der Waals surface area contributed by atoms with Crippen LogP contribution in [0.3, 0.4) is 0 Å². The van der Waals surface area contributed by atoms with E-state index in [0.29, 0.717) is 5.92 Å². The highest BCUT2D eigenvalue weighted by Crippen LogP contribution is 2.36. The van der Waals surface area contributed by atoms with Crippen molar-refractivity contribution in [3.05, 3.63) is 11.6 Å². The van der Waals surface area contributed by atoms with E-state index in [1.165, 1.54) is 12.5 Å². The van der Waals surface area contributed by atoms with Crippen molar-refractivity contribution in [2.24, 2.45) is 11.8 Å². The summed E-state index contributed by atoms with van der Waals surface area (Å²) in [7, 11) is 0. The minimum absolute atomic E-state index is 0.157. The van der Waals surface area contributed by atoms with Crippen LogP contribution in [0.15, 0.2) is 11.6 Å². The van der Waals surface area contributed by atoms with Gasteiger partial charge in [-0.05, 0) is 46.0 Å². The predicted octanol–water partition coefficient (Wildman–Crippen LogP) is 3.67. The minimum Gasteiger partial charge on any atom is -0.460 e. The van der Waals surface area contributed by atoms with Gasteiger partial charge in [0.05, 0.1) is 0 Å². The fourth-order valence-corrected chi connectivity index (χ4v) is 2.78. The fourth-order valence-electron chi connectivity index (χ4n) is 2.78. The molecule has 19 heavy (non-hydrogen) atoms. The molecule has 0 saturated carbocycles. The average Bonchev–Trinajstić information content (AvgIpc) is 2.35. The summed E-state index contributed by atoms with van der Waals surface area (Å²) in [5.41, 5.74) is 0.983. The molecule has 1 aliphatic rings. The lowest BCUT2D eigenvalue weighted by atomic mass is 9.78. The molecule has 0 aliphatic heterocycles. The van der Waals surface area contributed by atoms with E-state index in [-0.39, 0.29) is 11.9 Å². The summed E-state index contributed by atoms with van der Waals surface area (Å²) in [6, 6.07) is 0. The van der Waals surface area contributed by atoms with E-state index in [2.05, 4.69) is 13.0 Å². The molecule has 2 atom stereocenters. The molecule has 0 aromatic carbocycles. The van der Waals surface area contributed by atoms with E-state index in [9.17, 15) is 9.59 Å². The molecule has 0 spiro atoms. The Morgan fingerprint density at radius 1 is 1.58 bits per heavy atom. The molecule has 0 heterocycles. The van der Waals surface area contributed by atoms with Crippen LogP contribution in [-0.4, -0.2) is 17.9 Å². The van der Waals surface area contributed by atoms with Gasteiger partial charge in [-0.3, -0.25) is 4.79 Å². The zero-order chi connectivity index (χ0) is 14.5. The topological polar surface area (TPSA) is 43.4 Å². The van der Waals surface area contributed by atoms with Crippen LogP contribution in [0.4, 0.5) is 0 Å². The van der Waals surface area contributed by atoms with Gasteiger partial charge < -0.3 is 9.53 Å². The molecule has 0 fully saturated rings. The van der Waals surface area contributed by atoms with E-state index in [1.54, 1.807) is 0 Å². The van der Waals surface area contributed by atoms with Crippen LogP contribution >= 0.6 is 0 Å². The number of carbonyl (C=O) groups is 2. The van der Waals surface area contributed by atoms with E-state index in [0.717, 1.165) is 38.4 Å². The summed E-state index contributed by atoms with van der Waals surface area (Å²) < 4.78 is 5.41. The van der Waals surface area contributed by atoms with Gasteiger partial charge in [0.25, 0.3) is 0 Å². The van der Waals surface area contributed by atoms with Gasteiger partial charge in [0.15, 0.2) is 0 Å². The number of hydrogen-bond acceptors (Lipinski definition) is 3. The largest absolute Gasteiger partial charge is 0.460 e. The summed E-state index contributed by atoms with van der Waals surface area (Å²) >= 11 is 0. The first kappa shape index (κ1) is 15.9. The Hall–Kier alpha value is -1.12. The zero-order valence-corrected chi connectivity index (χ0v) is 12.6. The maximum absolute atomic E-state index is 11.1. The highest BCUT2D eigenvalue weighted by atomic mass is 16.6. The van der Waals surface area contributed by atoms with Gasteiger partial charge >= 0.3 is 5.97 Å². The van der Waals surface area contributed by atoms with Gasteiger partial charge in [-0.25, -0.2) is 0 Å².